The van der Waals surface area contributed by atoms with Crippen molar-refractivity contribution >= 4 is 21.7 Å². The Labute approximate surface area is 118 Å². The minimum Gasteiger partial charge on any atom is -0.478 e. The molecule has 20 heavy (non-hydrogen) atoms. The van der Waals surface area contributed by atoms with E-state index in [-0.39, 0.29) is 17.1 Å². The first-order chi connectivity index (χ1) is 9.31. The van der Waals surface area contributed by atoms with E-state index in [4.69, 9.17) is 9.84 Å². The number of carboxylic acid groups (broad SMARTS) is 1. The first kappa shape index (κ1) is 16.4. The topological polar surface area (TPSA) is 105 Å². The second kappa shape index (κ2) is 6.69. The molecule has 1 unspecified atom stereocenters. The third-order valence-corrected chi connectivity index (χ3v) is 4.16. The van der Waals surface area contributed by atoms with Gasteiger partial charge in [0.05, 0.1) is 17.1 Å². The van der Waals surface area contributed by atoms with Crippen molar-refractivity contribution in [2.24, 2.45) is 0 Å². The van der Waals surface area contributed by atoms with Crippen molar-refractivity contribution < 1.29 is 23.1 Å². The molecule has 0 fully saturated rings. The van der Waals surface area contributed by atoms with Crippen molar-refractivity contribution in [1.29, 1.82) is 0 Å². The third kappa shape index (κ3) is 3.92. The molecule has 0 spiro atoms. The van der Waals surface area contributed by atoms with Gasteiger partial charge in [0.15, 0.2) is 0 Å². The Morgan fingerprint density at radius 2 is 2.10 bits per heavy atom. The summed E-state index contributed by atoms with van der Waals surface area (Å²) in [7, 11) is -0.752. The van der Waals surface area contributed by atoms with Gasteiger partial charge in [0.2, 0.25) is 10.0 Å². The van der Waals surface area contributed by atoms with Crippen LogP contribution in [-0.2, 0) is 14.8 Å². The Morgan fingerprint density at radius 3 is 2.60 bits per heavy atom. The first-order valence-electron chi connectivity index (χ1n) is 5.88. The van der Waals surface area contributed by atoms with Gasteiger partial charge in [-0.05, 0) is 25.1 Å². The highest BCUT2D eigenvalue weighted by Crippen LogP contribution is 2.20. The van der Waals surface area contributed by atoms with E-state index in [0.29, 0.717) is 5.69 Å². The van der Waals surface area contributed by atoms with Gasteiger partial charge in [0.1, 0.15) is 0 Å². The van der Waals surface area contributed by atoms with E-state index in [1.54, 1.807) is 14.0 Å². The summed E-state index contributed by atoms with van der Waals surface area (Å²) in [6.07, 6.45) is 0. The largest absolute Gasteiger partial charge is 0.478 e. The molecule has 3 N–H and O–H groups in total. The number of carbonyl (C=O) groups is 1. The molecule has 0 bridgehead atoms. The van der Waals surface area contributed by atoms with Crippen LogP contribution in [-0.4, -0.2) is 46.3 Å². The number of nitrogens with one attached hydrogen (secondary N) is 2. The van der Waals surface area contributed by atoms with Crippen molar-refractivity contribution in [3.8, 4) is 0 Å². The maximum atomic E-state index is 12.1. The average Bonchev–Trinajstić information content (AvgIpc) is 2.37. The Balaban J connectivity index is 3.13. The average molecular weight is 302 g/mol. The van der Waals surface area contributed by atoms with Gasteiger partial charge < -0.3 is 15.2 Å². The van der Waals surface area contributed by atoms with Crippen LogP contribution in [0.5, 0.6) is 0 Å². The molecule has 1 atom stereocenters. The lowest BCUT2D eigenvalue weighted by Crippen LogP contribution is -2.35. The molecule has 0 aliphatic rings. The molecule has 1 rings (SSSR count). The lowest BCUT2D eigenvalue weighted by Gasteiger charge is -2.14. The standard InChI is InChI=1S/C12H18N2O5S/c1-8(7-19-3)14-20(17,18)9-4-5-11(13-2)10(6-9)12(15)16/h4-6,8,13-14H,7H2,1-3H3,(H,15,16). The molecule has 8 heteroatoms. The zero-order chi connectivity index (χ0) is 15.3. The van der Waals surface area contributed by atoms with Crippen LogP contribution in [0.15, 0.2) is 23.1 Å². The van der Waals surface area contributed by atoms with Crippen LogP contribution >= 0.6 is 0 Å². The van der Waals surface area contributed by atoms with Crippen molar-refractivity contribution in [2.75, 3.05) is 26.1 Å². The highest BCUT2D eigenvalue weighted by Gasteiger charge is 2.20. The van der Waals surface area contributed by atoms with Crippen LogP contribution in [0, 0.1) is 0 Å². The number of ether oxygens (including phenoxy) is 1. The fourth-order valence-electron chi connectivity index (χ4n) is 1.70. The molecule has 0 heterocycles. The van der Waals surface area contributed by atoms with Gasteiger partial charge >= 0.3 is 5.97 Å². The van der Waals surface area contributed by atoms with Gasteiger partial charge in [-0.3, -0.25) is 0 Å². The zero-order valence-corrected chi connectivity index (χ0v) is 12.3. The van der Waals surface area contributed by atoms with Gasteiger partial charge in [-0.1, -0.05) is 0 Å². The number of rotatable bonds is 7. The van der Waals surface area contributed by atoms with E-state index in [9.17, 15) is 13.2 Å². The second-order valence-corrected chi connectivity index (χ2v) is 5.95. The Morgan fingerprint density at radius 1 is 1.45 bits per heavy atom. The highest BCUT2D eigenvalue weighted by atomic mass is 32.2. The number of hydrogen-bond acceptors (Lipinski definition) is 5. The molecular formula is C12H18N2O5S. The maximum Gasteiger partial charge on any atom is 0.337 e. The molecule has 0 saturated heterocycles. The van der Waals surface area contributed by atoms with Crippen molar-refractivity contribution in [3.05, 3.63) is 23.8 Å². The van der Waals surface area contributed by atoms with Gasteiger partial charge in [-0.15, -0.1) is 0 Å². The fourth-order valence-corrected chi connectivity index (χ4v) is 2.96. The van der Waals surface area contributed by atoms with Crippen molar-refractivity contribution in [1.82, 2.24) is 4.72 Å². The van der Waals surface area contributed by atoms with Gasteiger partial charge in [0.25, 0.3) is 0 Å². The number of benzene rings is 1. The summed E-state index contributed by atoms with van der Waals surface area (Å²) in [6, 6.07) is 3.47. The predicted molar refractivity (Wildman–Crippen MR) is 74.6 cm³/mol. The molecule has 0 aromatic heterocycles. The normalized spacial score (nSPS) is 12.9. The number of aromatic carboxylic acids is 1. The monoisotopic (exact) mass is 302 g/mol. The summed E-state index contributed by atoms with van der Waals surface area (Å²) in [5, 5.41) is 11.8. The number of carboxylic acids is 1. The summed E-state index contributed by atoms with van der Waals surface area (Å²) < 4.78 is 31.5. The van der Waals surface area contributed by atoms with E-state index in [1.807, 2.05) is 0 Å². The molecule has 0 saturated carbocycles. The van der Waals surface area contributed by atoms with Crippen LogP contribution in [0.1, 0.15) is 17.3 Å². The number of hydrogen-bond donors (Lipinski definition) is 3. The number of anilines is 1. The number of methoxy groups -OCH3 is 1. The Bertz CT molecular complexity index is 586. The van der Waals surface area contributed by atoms with E-state index in [2.05, 4.69) is 10.0 Å². The SMILES string of the molecule is CNc1ccc(S(=O)(=O)NC(C)COC)cc1C(=O)O. The Kier molecular flexibility index (Phi) is 5.49. The smallest absolute Gasteiger partial charge is 0.337 e. The van der Waals surface area contributed by atoms with Gasteiger partial charge in [-0.25, -0.2) is 17.9 Å². The van der Waals surface area contributed by atoms with Crippen LogP contribution in [0.2, 0.25) is 0 Å². The van der Waals surface area contributed by atoms with Crippen LogP contribution in [0.3, 0.4) is 0 Å². The lowest BCUT2D eigenvalue weighted by molar-refractivity contribution is 0.0697. The number of sulfonamides is 1. The van der Waals surface area contributed by atoms with E-state index >= 15 is 0 Å². The fraction of sp³-hybridized carbons (Fsp3) is 0.417. The molecule has 112 valence electrons. The first-order valence-corrected chi connectivity index (χ1v) is 7.36. The molecule has 7 nitrogen and oxygen atoms in total. The van der Waals surface area contributed by atoms with Crippen LogP contribution in [0.4, 0.5) is 5.69 Å². The maximum absolute atomic E-state index is 12.1. The van der Waals surface area contributed by atoms with Crippen molar-refractivity contribution in [3.63, 3.8) is 0 Å². The molecular weight excluding hydrogens is 284 g/mol. The third-order valence-electron chi connectivity index (χ3n) is 2.57. The van der Waals surface area contributed by atoms with Crippen LogP contribution < -0.4 is 10.0 Å². The van der Waals surface area contributed by atoms with Gasteiger partial charge in [0, 0.05) is 25.9 Å². The summed E-state index contributed by atoms with van der Waals surface area (Å²) in [6.45, 7) is 1.88. The predicted octanol–water partition coefficient (Wildman–Crippen LogP) is 0.740. The Hall–Kier alpha value is -1.64. The molecule has 0 radical (unpaired) electrons. The van der Waals surface area contributed by atoms with Crippen LogP contribution in [0.25, 0.3) is 0 Å². The van der Waals surface area contributed by atoms with Crippen molar-refractivity contribution in [2.45, 2.75) is 17.9 Å². The summed E-state index contributed by atoms with van der Waals surface area (Å²) in [4.78, 5) is 11.0. The van der Waals surface area contributed by atoms with Gasteiger partial charge in [-0.2, -0.15) is 0 Å². The van der Waals surface area contributed by atoms with E-state index < -0.39 is 22.0 Å². The molecule has 0 amide bonds. The quantitative estimate of drug-likeness (QED) is 0.686. The summed E-state index contributed by atoms with van der Waals surface area (Å²) in [5.41, 5.74) is 0.246. The molecule has 1 aromatic rings. The summed E-state index contributed by atoms with van der Waals surface area (Å²) in [5.74, 6) is -1.20. The highest BCUT2D eigenvalue weighted by molar-refractivity contribution is 7.89. The summed E-state index contributed by atoms with van der Waals surface area (Å²) >= 11 is 0. The molecule has 0 aliphatic heterocycles. The minimum atomic E-state index is -3.78. The van der Waals surface area contributed by atoms with E-state index in [1.165, 1.54) is 19.2 Å². The van der Waals surface area contributed by atoms with E-state index in [0.717, 1.165) is 6.07 Å². The minimum absolute atomic E-state index is 0.100. The zero-order valence-electron chi connectivity index (χ0n) is 11.5. The molecule has 0 aliphatic carbocycles. The second-order valence-electron chi connectivity index (χ2n) is 4.24. The lowest BCUT2D eigenvalue weighted by atomic mass is 10.2. The molecule has 1 aromatic carbocycles.